The molecular formula is C15H17N5O. The van der Waals surface area contributed by atoms with Crippen molar-refractivity contribution in [2.45, 2.75) is 13.0 Å². The summed E-state index contributed by atoms with van der Waals surface area (Å²) in [5.74, 6) is 2.13. The third-order valence-corrected chi connectivity index (χ3v) is 3.78. The van der Waals surface area contributed by atoms with Crippen molar-refractivity contribution in [3.05, 3.63) is 30.3 Å². The molecule has 0 bridgehead atoms. The number of furan rings is 1. The van der Waals surface area contributed by atoms with E-state index in [1.165, 1.54) is 0 Å². The van der Waals surface area contributed by atoms with Crippen LogP contribution in [0.3, 0.4) is 0 Å². The zero-order valence-electron chi connectivity index (χ0n) is 11.8. The molecule has 2 N–H and O–H groups in total. The van der Waals surface area contributed by atoms with Gasteiger partial charge in [-0.2, -0.15) is 4.98 Å². The maximum Gasteiger partial charge on any atom is 0.245 e. The fraction of sp³-hybridized carbons (Fsp3) is 0.333. The number of para-hydroxylation sites is 1. The Morgan fingerprint density at radius 2 is 2.24 bits per heavy atom. The van der Waals surface area contributed by atoms with E-state index in [0.717, 1.165) is 42.3 Å². The molecule has 108 valence electrons. The van der Waals surface area contributed by atoms with Gasteiger partial charge in [0, 0.05) is 31.1 Å². The number of rotatable bonds is 2. The van der Waals surface area contributed by atoms with Gasteiger partial charge in [-0.15, -0.1) is 5.10 Å². The quantitative estimate of drug-likeness (QED) is 0.753. The monoisotopic (exact) mass is 283 g/mol. The van der Waals surface area contributed by atoms with Crippen LogP contribution in [0.4, 0.5) is 5.95 Å². The number of anilines is 1. The van der Waals surface area contributed by atoms with Gasteiger partial charge in [0.05, 0.1) is 0 Å². The normalized spacial score (nSPS) is 19.3. The Hall–Kier alpha value is -2.34. The summed E-state index contributed by atoms with van der Waals surface area (Å²) in [5, 5.41) is 11.8. The molecule has 6 nitrogen and oxygen atoms in total. The Kier molecular flexibility index (Phi) is 2.89. The molecule has 1 aliphatic rings. The second-order valence-electron chi connectivity index (χ2n) is 5.43. The highest BCUT2D eigenvalue weighted by atomic mass is 16.3. The second kappa shape index (κ2) is 4.89. The van der Waals surface area contributed by atoms with E-state index in [-0.39, 0.29) is 0 Å². The lowest BCUT2D eigenvalue weighted by molar-refractivity contribution is 0.480. The summed E-state index contributed by atoms with van der Waals surface area (Å²) in [6.07, 6.45) is 0. The van der Waals surface area contributed by atoms with Crippen LogP contribution in [0.2, 0.25) is 0 Å². The molecule has 1 aromatic carbocycles. The topological polar surface area (TPSA) is 70.0 Å². The van der Waals surface area contributed by atoms with Crippen LogP contribution in [-0.2, 0) is 0 Å². The SMILES string of the molecule is C[C@@H]1CN(c2n[nH]c(-c3cc4ccccc4o3)n2)CCN1. The van der Waals surface area contributed by atoms with Gasteiger partial charge in [0.25, 0.3) is 0 Å². The molecule has 3 heterocycles. The summed E-state index contributed by atoms with van der Waals surface area (Å²) in [7, 11) is 0. The highest BCUT2D eigenvalue weighted by Crippen LogP contribution is 2.26. The number of aromatic amines is 1. The lowest BCUT2D eigenvalue weighted by Crippen LogP contribution is -2.49. The van der Waals surface area contributed by atoms with Crippen molar-refractivity contribution in [2.75, 3.05) is 24.5 Å². The smallest absolute Gasteiger partial charge is 0.245 e. The van der Waals surface area contributed by atoms with E-state index in [4.69, 9.17) is 4.42 Å². The Bertz CT molecular complexity index is 729. The van der Waals surface area contributed by atoms with E-state index >= 15 is 0 Å². The molecule has 0 aliphatic carbocycles. The van der Waals surface area contributed by atoms with Gasteiger partial charge >= 0.3 is 0 Å². The Balaban J connectivity index is 1.64. The molecule has 1 fully saturated rings. The molecule has 21 heavy (non-hydrogen) atoms. The zero-order valence-corrected chi connectivity index (χ0v) is 11.8. The number of piperazine rings is 1. The molecule has 1 atom stereocenters. The van der Waals surface area contributed by atoms with E-state index < -0.39 is 0 Å². The number of nitrogens with one attached hydrogen (secondary N) is 2. The first-order chi connectivity index (χ1) is 10.3. The number of aromatic nitrogens is 3. The minimum atomic E-state index is 0.451. The summed E-state index contributed by atoms with van der Waals surface area (Å²) in [5.41, 5.74) is 0.862. The predicted octanol–water partition coefficient (Wildman–Crippen LogP) is 2.02. The van der Waals surface area contributed by atoms with Gasteiger partial charge in [-0.25, -0.2) is 0 Å². The predicted molar refractivity (Wildman–Crippen MR) is 81.3 cm³/mol. The third-order valence-electron chi connectivity index (χ3n) is 3.78. The molecule has 0 amide bonds. The summed E-state index contributed by atoms with van der Waals surface area (Å²) >= 11 is 0. The summed E-state index contributed by atoms with van der Waals surface area (Å²) in [6.45, 7) is 4.95. The van der Waals surface area contributed by atoms with Gasteiger partial charge in [-0.05, 0) is 19.1 Å². The fourth-order valence-electron chi connectivity index (χ4n) is 2.72. The number of H-pyrrole nitrogens is 1. The van der Waals surface area contributed by atoms with Crippen molar-refractivity contribution in [3.8, 4) is 11.6 Å². The van der Waals surface area contributed by atoms with Crippen LogP contribution in [-0.4, -0.2) is 40.9 Å². The molecular weight excluding hydrogens is 266 g/mol. The average Bonchev–Trinajstić information content (AvgIpc) is 3.14. The Morgan fingerprint density at radius 1 is 1.33 bits per heavy atom. The molecule has 1 aliphatic heterocycles. The molecule has 3 aromatic rings. The first-order valence-corrected chi connectivity index (χ1v) is 7.19. The van der Waals surface area contributed by atoms with Crippen LogP contribution in [0, 0.1) is 0 Å². The van der Waals surface area contributed by atoms with Crippen molar-refractivity contribution in [1.29, 1.82) is 0 Å². The summed E-state index contributed by atoms with van der Waals surface area (Å²) < 4.78 is 5.81. The number of fused-ring (bicyclic) bond motifs is 1. The molecule has 2 aromatic heterocycles. The minimum absolute atomic E-state index is 0.451. The van der Waals surface area contributed by atoms with E-state index in [9.17, 15) is 0 Å². The van der Waals surface area contributed by atoms with E-state index in [0.29, 0.717) is 11.9 Å². The molecule has 0 radical (unpaired) electrons. The lowest BCUT2D eigenvalue weighted by Gasteiger charge is -2.30. The Morgan fingerprint density at radius 3 is 3.10 bits per heavy atom. The maximum atomic E-state index is 5.81. The van der Waals surface area contributed by atoms with Gasteiger partial charge in [-0.1, -0.05) is 18.2 Å². The van der Waals surface area contributed by atoms with Gasteiger partial charge in [0.1, 0.15) is 5.58 Å². The van der Waals surface area contributed by atoms with Gasteiger partial charge in [0.2, 0.25) is 5.95 Å². The summed E-state index contributed by atoms with van der Waals surface area (Å²) in [6, 6.07) is 10.4. The van der Waals surface area contributed by atoms with Crippen LogP contribution in [0.25, 0.3) is 22.6 Å². The van der Waals surface area contributed by atoms with Crippen molar-refractivity contribution in [3.63, 3.8) is 0 Å². The van der Waals surface area contributed by atoms with E-state index in [1.54, 1.807) is 0 Å². The van der Waals surface area contributed by atoms with Crippen LogP contribution in [0.1, 0.15) is 6.92 Å². The molecule has 1 saturated heterocycles. The van der Waals surface area contributed by atoms with Crippen LogP contribution in [0.15, 0.2) is 34.7 Å². The molecule has 6 heteroatoms. The van der Waals surface area contributed by atoms with Crippen molar-refractivity contribution >= 4 is 16.9 Å². The van der Waals surface area contributed by atoms with Crippen molar-refractivity contribution in [1.82, 2.24) is 20.5 Å². The fourth-order valence-corrected chi connectivity index (χ4v) is 2.72. The first-order valence-electron chi connectivity index (χ1n) is 7.19. The van der Waals surface area contributed by atoms with Crippen molar-refractivity contribution < 1.29 is 4.42 Å². The third kappa shape index (κ3) is 2.27. The van der Waals surface area contributed by atoms with Crippen LogP contribution >= 0.6 is 0 Å². The van der Waals surface area contributed by atoms with Gasteiger partial charge in [0.15, 0.2) is 11.6 Å². The number of benzene rings is 1. The lowest BCUT2D eigenvalue weighted by atomic mass is 10.2. The minimum Gasteiger partial charge on any atom is -0.453 e. The number of hydrogen-bond acceptors (Lipinski definition) is 5. The zero-order chi connectivity index (χ0) is 14.2. The maximum absolute atomic E-state index is 5.81. The standard InChI is InChI=1S/C15H17N5O/c1-10-9-20(7-6-16-10)15-17-14(18-19-15)13-8-11-4-2-3-5-12(11)21-13/h2-5,8,10,16H,6-7,9H2,1H3,(H,17,18,19)/t10-/m1/s1. The van der Waals surface area contributed by atoms with Crippen LogP contribution < -0.4 is 10.2 Å². The second-order valence-corrected chi connectivity index (χ2v) is 5.43. The van der Waals surface area contributed by atoms with E-state index in [1.807, 2.05) is 30.3 Å². The van der Waals surface area contributed by atoms with Crippen LogP contribution in [0.5, 0.6) is 0 Å². The molecule has 0 unspecified atom stereocenters. The number of hydrogen-bond donors (Lipinski definition) is 2. The first kappa shape index (κ1) is 12.4. The van der Waals surface area contributed by atoms with Gasteiger partial charge < -0.3 is 14.6 Å². The summed E-state index contributed by atoms with van der Waals surface area (Å²) in [4.78, 5) is 6.76. The van der Waals surface area contributed by atoms with Crippen molar-refractivity contribution in [2.24, 2.45) is 0 Å². The molecule has 4 rings (SSSR count). The molecule has 0 saturated carbocycles. The van der Waals surface area contributed by atoms with E-state index in [2.05, 4.69) is 32.3 Å². The van der Waals surface area contributed by atoms with Gasteiger partial charge in [-0.3, -0.25) is 5.10 Å². The highest BCUT2D eigenvalue weighted by Gasteiger charge is 2.20. The number of nitrogens with zero attached hydrogens (tertiary/aromatic N) is 3. The molecule has 0 spiro atoms. The Labute approximate surface area is 122 Å². The average molecular weight is 283 g/mol. The largest absolute Gasteiger partial charge is 0.453 e. The highest BCUT2D eigenvalue weighted by molar-refractivity contribution is 5.81.